The molecule has 1 fully saturated rings. The number of carbonyl (C=O) groups is 2. The molecule has 1 saturated heterocycles. The number of rotatable bonds is 6. The average Bonchev–Trinajstić information content (AvgIpc) is 3.27. The highest BCUT2D eigenvalue weighted by Crippen LogP contribution is 2.12. The van der Waals surface area contributed by atoms with Crippen LogP contribution in [0.2, 0.25) is 0 Å². The van der Waals surface area contributed by atoms with Crippen LogP contribution in [0, 0.1) is 0 Å². The van der Waals surface area contributed by atoms with Gasteiger partial charge in [0, 0.05) is 26.2 Å². The second-order valence-corrected chi connectivity index (χ2v) is 7.55. The van der Waals surface area contributed by atoms with E-state index in [4.69, 9.17) is 9.15 Å². The molecular formula is C19H31N5O4. The first kappa shape index (κ1) is 21.6. The summed E-state index contributed by atoms with van der Waals surface area (Å²) in [5.74, 6) is 0.794. The molecule has 1 aliphatic rings. The summed E-state index contributed by atoms with van der Waals surface area (Å²) in [5.41, 5.74) is -0.515. The van der Waals surface area contributed by atoms with Crippen molar-refractivity contribution in [1.82, 2.24) is 20.9 Å². The minimum absolute atomic E-state index is 0.0114. The molecule has 1 aromatic heterocycles. The number of aliphatic imine (C=N–C) groups is 1. The summed E-state index contributed by atoms with van der Waals surface area (Å²) < 4.78 is 10.4. The van der Waals surface area contributed by atoms with Crippen LogP contribution in [-0.4, -0.2) is 67.2 Å². The van der Waals surface area contributed by atoms with Crippen molar-refractivity contribution in [3.05, 3.63) is 24.2 Å². The highest BCUT2D eigenvalue weighted by atomic mass is 16.6. The lowest BCUT2D eigenvalue weighted by Crippen LogP contribution is -2.44. The second-order valence-electron chi connectivity index (χ2n) is 7.55. The monoisotopic (exact) mass is 393 g/mol. The van der Waals surface area contributed by atoms with Crippen molar-refractivity contribution in [3.8, 4) is 0 Å². The molecule has 156 valence electrons. The Bertz CT molecular complexity index is 666. The summed E-state index contributed by atoms with van der Waals surface area (Å²) in [7, 11) is 0. The molecule has 28 heavy (non-hydrogen) atoms. The van der Waals surface area contributed by atoms with E-state index in [0.29, 0.717) is 19.6 Å². The molecule has 3 N–H and O–H groups in total. The number of carbonyl (C=O) groups excluding carboxylic acids is 2. The van der Waals surface area contributed by atoms with Crippen LogP contribution in [0.5, 0.6) is 0 Å². The van der Waals surface area contributed by atoms with E-state index >= 15 is 0 Å². The van der Waals surface area contributed by atoms with E-state index in [9.17, 15) is 9.59 Å². The van der Waals surface area contributed by atoms with Gasteiger partial charge >= 0.3 is 6.09 Å². The molecule has 0 saturated carbocycles. The SMILES string of the molecule is CCNC(=NCCNC(=O)c1ccco1)N1CCC(NC(=O)OC(C)(C)C)C1. The molecule has 1 atom stereocenters. The summed E-state index contributed by atoms with van der Waals surface area (Å²) in [5, 5.41) is 8.93. The quantitative estimate of drug-likeness (QED) is 0.385. The van der Waals surface area contributed by atoms with Gasteiger partial charge in [-0.15, -0.1) is 0 Å². The molecule has 0 aromatic carbocycles. The van der Waals surface area contributed by atoms with Gasteiger partial charge < -0.3 is 30.0 Å². The van der Waals surface area contributed by atoms with Gasteiger partial charge in [0.05, 0.1) is 18.8 Å². The molecule has 2 rings (SSSR count). The van der Waals surface area contributed by atoms with Crippen molar-refractivity contribution in [2.24, 2.45) is 4.99 Å². The highest BCUT2D eigenvalue weighted by molar-refractivity contribution is 5.91. The van der Waals surface area contributed by atoms with E-state index in [1.807, 2.05) is 27.7 Å². The molecule has 0 aliphatic carbocycles. The Labute approximate surface area is 165 Å². The number of nitrogens with zero attached hydrogens (tertiary/aromatic N) is 2. The number of furan rings is 1. The molecular weight excluding hydrogens is 362 g/mol. The summed E-state index contributed by atoms with van der Waals surface area (Å²) >= 11 is 0. The van der Waals surface area contributed by atoms with Gasteiger partial charge in [-0.25, -0.2) is 4.79 Å². The van der Waals surface area contributed by atoms with Gasteiger partial charge in [-0.2, -0.15) is 0 Å². The largest absolute Gasteiger partial charge is 0.459 e. The summed E-state index contributed by atoms with van der Waals surface area (Å²) in [4.78, 5) is 30.5. The molecule has 2 heterocycles. The molecule has 0 spiro atoms. The van der Waals surface area contributed by atoms with E-state index in [2.05, 4.69) is 25.8 Å². The Morgan fingerprint density at radius 2 is 2.14 bits per heavy atom. The van der Waals surface area contributed by atoms with Gasteiger partial charge in [0.1, 0.15) is 5.60 Å². The normalized spacial score (nSPS) is 17.4. The zero-order chi connectivity index (χ0) is 20.6. The van der Waals surface area contributed by atoms with Crippen molar-refractivity contribution >= 4 is 18.0 Å². The Balaban J connectivity index is 1.80. The minimum Gasteiger partial charge on any atom is -0.459 e. The topological polar surface area (TPSA) is 108 Å². The smallest absolute Gasteiger partial charge is 0.407 e. The zero-order valence-electron chi connectivity index (χ0n) is 17.1. The maximum Gasteiger partial charge on any atom is 0.407 e. The van der Waals surface area contributed by atoms with Crippen LogP contribution in [0.25, 0.3) is 0 Å². The van der Waals surface area contributed by atoms with Crippen LogP contribution >= 0.6 is 0 Å². The van der Waals surface area contributed by atoms with E-state index in [0.717, 1.165) is 25.5 Å². The van der Waals surface area contributed by atoms with Gasteiger partial charge in [-0.1, -0.05) is 0 Å². The first-order chi connectivity index (χ1) is 13.3. The van der Waals surface area contributed by atoms with Gasteiger partial charge in [0.2, 0.25) is 0 Å². The van der Waals surface area contributed by atoms with Crippen molar-refractivity contribution in [3.63, 3.8) is 0 Å². The second kappa shape index (κ2) is 10.0. The van der Waals surface area contributed by atoms with Crippen molar-refractivity contribution < 1.29 is 18.7 Å². The summed E-state index contributed by atoms with van der Waals surface area (Å²) in [6.45, 7) is 10.5. The predicted molar refractivity (Wildman–Crippen MR) is 106 cm³/mol. The van der Waals surface area contributed by atoms with Crippen LogP contribution in [0.4, 0.5) is 4.79 Å². The van der Waals surface area contributed by atoms with Crippen molar-refractivity contribution in [2.45, 2.75) is 45.8 Å². The van der Waals surface area contributed by atoms with Crippen LogP contribution in [0.3, 0.4) is 0 Å². The van der Waals surface area contributed by atoms with Gasteiger partial charge in [0.25, 0.3) is 5.91 Å². The van der Waals surface area contributed by atoms with Gasteiger partial charge in [-0.05, 0) is 46.2 Å². The molecule has 9 heteroatoms. The first-order valence-electron chi connectivity index (χ1n) is 9.63. The number of alkyl carbamates (subject to hydrolysis) is 1. The maximum absolute atomic E-state index is 11.9. The maximum atomic E-state index is 11.9. The molecule has 1 aromatic rings. The Morgan fingerprint density at radius 1 is 1.36 bits per heavy atom. The number of hydrogen-bond donors (Lipinski definition) is 3. The Morgan fingerprint density at radius 3 is 2.79 bits per heavy atom. The fourth-order valence-corrected chi connectivity index (χ4v) is 2.80. The van der Waals surface area contributed by atoms with Gasteiger partial charge in [0.15, 0.2) is 11.7 Å². The molecule has 0 radical (unpaired) electrons. The lowest BCUT2D eigenvalue weighted by Gasteiger charge is -2.23. The van der Waals surface area contributed by atoms with Gasteiger partial charge in [-0.3, -0.25) is 9.79 Å². The average molecular weight is 393 g/mol. The third-order valence-corrected chi connectivity index (χ3v) is 3.95. The summed E-state index contributed by atoms with van der Waals surface area (Å²) in [6.07, 6.45) is 1.88. The fourth-order valence-electron chi connectivity index (χ4n) is 2.80. The number of likely N-dealkylation sites (tertiary alicyclic amines) is 1. The summed E-state index contributed by atoms with van der Waals surface area (Å²) in [6, 6.07) is 3.30. The molecule has 9 nitrogen and oxygen atoms in total. The Kier molecular flexibility index (Phi) is 7.71. The van der Waals surface area contributed by atoms with Crippen LogP contribution in [-0.2, 0) is 4.74 Å². The zero-order valence-corrected chi connectivity index (χ0v) is 17.1. The molecule has 1 unspecified atom stereocenters. The van der Waals surface area contributed by atoms with E-state index in [1.54, 1.807) is 12.1 Å². The number of guanidine groups is 1. The lowest BCUT2D eigenvalue weighted by atomic mass is 10.2. The first-order valence-corrected chi connectivity index (χ1v) is 9.63. The van der Waals surface area contributed by atoms with Crippen LogP contribution in [0.1, 0.15) is 44.7 Å². The fraction of sp³-hybridized carbons (Fsp3) is 0.632. The van der Waals surface area contributed by atoms with Crippen molar-refractivity contribution in [1.29, 1.82) is 0 Å². The molecule has 1 aliphatic heterocycles. The minimum atomic E-state index is -0.515. The predicted octanol–water partition coefficient (Wildman–Crippen LogP) is 1.57. The highest BCUT2D eigenvalue weighted by Gasteiger charge is 2.27. The number of nitrogens with one attached hydrogen (secondary N) is 3. The number of hydrogen-bond acceptors (Lipinski definition) is 5. The van der Waals surface area contributed by atoms with Crippen LogP contribution < -0.4 is 16.0 Å². The number of ether oxygens (including phenoxy) is 1. The molecule has 2 amide bonds. The number of amides is 2. The van der Waals surface area contributed by atoms with Crippen LogP contribution in [0.15, 0.2) is 27.8 Å². The van der Waals surface area contributed by atoms with E-state index < -0.39 is 11.7 Å². The lowest BCUT2D eigenvalue weighted by molar-refractivity contribution is 0.0507. The standard InChI is InChI=1S/C19H31N5O4/c1-5-20-17(22-10-9-21-16(25)15-7-6-12-27-15)24-11-8-14(13-24)23-18(26)28-19(2,3)4/h6-7,12,14H,5,8-11,13H2,1-4H3,(H,20,22)(H,21,25)(H,23,26). The van der Waals surface area contributed by atoms with E-state index in [-0.39, 0.29) is 17.7 Å². The Hall–Kier alpha value is -2.71. The van der Waals surface area contributed by atoms with Crippen molar-refractivity contribution in [2.75, 3.05) is 32.7 Å². The van der Waals surface area contributed by atoms with E-state index in [1.165, 1.54) is 6.26 Å². The third kappa shape index (κ3) is 7.13. The third-order valence-electron chi connectivity index (χ3n) is 3.95. The molecule has 0 bridgehead atoms.